The van der Waals surface area contributed by atoms with Crippen LogP contribution in [0.4, 0.5) is 5.69 Å². The van der Waals surface area contributed by atoms with E-state index in [0.717, 1.165) is 5.56 Å². The van der Waals surface area contributed by atoms with E-state index in [1.165, 1.54) is 12.1 Å². The Hall–Kier alpha value is -1.88. The minimum atomic E-state index is -0.447. The van der Waals surface area contributed by atoms with Gasteiger partial charge in [-0.25, -0.2) is 4.98 Å². The number of hydrogen-bond donors (Lipinski definition) is 0. The highest BCUT2D eigenvalue weighted by Crippen LogP contribution is 2.27. The lowest BCUT2D eigenvalue weighted by Crippen LogP contribution is -1.88. The molecule has 0 atom stereocenters. The van der Waals surface area contributed by atoms with E-state index in [1.807, 2.05) is 0 Å². The first kappa shape index (κ1) is 11.6. The summed E-state index contributed by atoms with van der Waals surface area (Å²) in [5.74, 6) is 1.32. The van der Waals surface area contributed by atoms with Crippen molar-refractivity contribution in [1.29, 1.82) is 0 Å². The van der Waals surface area contributed by atoms with Gasteiger partial charge >= 0.3 is 0 Å². The quantitative estimate of drug-likeness (QED) is 0.477. The van der Waals surface area contributed by atoms with Crippen LogP contribution in [0.1, 0.15) is 11.6 Å². The molecule has 2 aromatic rings. The van der Waals surface area contributed by atoms with Gasteiger partial charge in [-0.3, -0.25) is 10.1 Å². The van der Waals surface area contributed by atoms with Crippen LogP contribution in [0.25, 0.3) is 11.3 Å². The van der Waals surface area contributed by atoms with Crippen molar-refractivity contribution in [2.45, 2.75) is 12.8 Å². The van der Waals surface area contributed by atoms with Gasteiger partial charge in [0.15, 0.2) is 11.7 Å². The molecular formula is C11H9ClN2O3. The molecular weight excluding hydrogens is 244 g/mol. The molecule has 1 heterocycles. The molecule has 1 aromatic heterocycles. The number of nitro groups is 1. The Bertz CT molecular complexity index is 548. The molecule has 0 N–H and O–H groups in total. The Labute approximate surface area is 102 Å². The third-order valence-electron chi connectivity index (χ3n) is 2.27. The first-order chi connectivity index (χ1) is 8.11. The van der Waals surface area contributed by atoms with E-state index in [0.29, 0.717) is 17.3 Å². The van der Waals surface area contributed by atoms with Crippen molar-refractivity contribution in [2.24, 2.45) is 0 Å². The number of nitrogens with zero attached hydrogens (tertiary/aromatic N) is 2. The third-order valence-corrected chi connectivity index (χ3v) is 2.52. The van der Waals surface area contributed by atoms with Gasteiger partial charge < -0.3 is 4.42 Å². The summed E-state index contributed by atoms with van der Waals surface area (Å²) in [6.45, 7) is 1.73. The molecule has 0 aliphatic heterocycles. The number of alkyl halides is 1. The molecule has 17 heavy (non-hydrogen) atoms. The summed E-state index contributed by atoms with van der Waals surface area (Å²) in [6.07, 6.45) is 0. The van der Waals surface area contributed by atoms with E-state index in [-0.39, 0.29) is 11.6 Å². The Kier molecular flexibility index (Phi) is 3.10. The highest BCUT2D eigenvalue weighted by molar-refractivity contribution is 6.17. The molecule has 1 aromatic carbocycles. The average molecular weight is 253 g/mol. The van der Waals surface area contributed by atoms with E-state index in [1.54, 1.807) is 19.1 Å². The van der Waals surface area contributed by atoms with Crippen LogP contribution in [-0.4, -0.2) is 9.91 Å². The lowest BCUT2D eigenvalue weighted by Gasteiger charge is -1.98. The molecule has 0 aliphatic carbocycles. The topological polar surface area (TPSA) is 69.2 Å². The minimum Gasteiger partial charge on any atom is -0.441 e. The maximum Gasteiger partial charge on any atom is 0.269 e. The lowest BCUT2D eigenvalue weighted by atomic mass is 10.1. The molecule has 88 valence electrons. The fourth-order valence-electron chi connectivity index (χ4n) is 1.52. The molecule has 6 heteroatoms. The summed E-state index contributed by atoms with van der Waals surface area (Å²) in [6, 6.07) is 6.08. The molecule has 0 bridgehead atoms. The Balaban J connectivity index is 2.42. The second kappa shape index (κ2) is 4.55. The molecule has 0 radical (unpaired) electrons. The predicted molar refractivity (Wildman–Crippen MR) is 62.9 cm³/mol. The second-order valence-corrected chi connectivity index (χ2v) is 3.71. The van der Waals surface area contributed by atoms with Crippen molar-refractivity contribution < 1.29 is 9.34 Å². The summed E-state index contributed by atoms with van der Waals surface area (Å²) < 4.78 is 5.43. The zero-order chi connectivity index (χ0) is 12.4. The zero-order valence-corrected chi connectivity index (χ0v) is 9.77. The number of oxazole rings is 1. The van der Waals surface area contributed by atoms with Crippen LogP contribution in [0.3, 0.4) is 0 Å². The molecule has 5 nitrogen and oxygen atoms in total. The normalized spacial score (nSPS) is 10.5. The number of rotatable bonds is 3. The van der Waals surface area contributed by atoms with E-state index >= 15 is 0 Å². The third kappa shape index (κ3) is 2.29. The molecule has 0 unspecified atom stereocenters. The summed E-state index contributed by atoms with van der Waals surface area (Å²) >= 11 is 5.75. The van der Waals surface area contributed by atoms with Crippen molar-refractivity contribution in [1.82, 2.24) is 4.98 Å². The van der Waals surface area contributed by atoms with Gasteiger partial charge in [0.25, 0.3) is 5.69 Å². The average Bonchev–Trinajstić information content (AvgIpc) is 2.70. The molecule has 0 saturated carbocycles. The van der Waals surface area contributed by atoms with Crippen molar-refractivity contribution in [3.8, 4) is 11.3 Å². The molecule has 0 spiro atoms. The Morgan fingerprint density at radius 3 is 2.59 bits per heavy atom. The maximum atomic E-state index is 10.5. The predicted octanol–water partition coefficient (Wildman–Crippen LogP) is 3.30. The van der Waals surface area contributed by atoms with Crippen LogP contribution >= 0.6 is 11.6 Å². The maximum absolute atomic E-state index is 10.5. The van der Waals surface area contributed by atoms with Gasteiger partial charge in [0.2, 0.25) is 0 Å². The van der Waals surface area contributed by atoms with Crippen molar-refractivity contribution in [3.63, 3.8) is 0 Å². The van der Waals surface area contributed by atoms with Crippen LogP contribution in [0.5, 0.6) is 0 Å². The largest absolute Gasteiger partial charge is 0.441 e. The SMILES string of the molecule is Cc1nc(CCl)c(-c2ccc([N+](=O)[O-])cc2)o1. The molecule has 0 amide bonds. The van der Waals surface area contributed by atoms with Gasteiger partial charge in [-0.2, -0.15) is 0 Å². The minimum absolute atomic E-state index is 0.0393. The zero-order valence-electron chi connectivity index (χ0n) is 9.01. The lowest BCUT2D eigenvalue weighted by molar-refractivity contribution is -0.384. The molecule has 0 fully saturated rings. The number of hydrogen-bond acceptors (Lipinski definition) is 4. The first-order valence-corrected chi connectivity index (χ1v) is 5.42. The number of non-ortho nitro benzene ring substituents is 1. The van der Waals surface area contributed by atoms with Crippen LogP contribution in [0.2, 0.25) is 0 Å². The summed E-state index contributed by atoms with van der Waals surface area (Å²) in [7, 11) is 0. The second-order valence-electron chi connectivity index (χ2n) is 3.45. The Morgan fingerprint density at radius 1 is 1.41 bits per heavy atom. The summed E-state index contributed by atoms with van der Waals surface area (Å²) in [5.41, 5.74) is 1.40. The molecule has 2 rings (SSSR count). The summed E-state index contributed by atoms with van der Waals surface area (Å²) in [5, 5.41) is 10.5. The highest BCUT2D eigenvalue weighted by Gasteiger charge is 2.13. The van der Waals surface area contributed by atoms with E-state index in [2.05, 4.69) is 4.98 Å². The number of halogens is 1. The van der Waals surface area contributed by atoms with Crippen molar-refractivity contribution in [3.05, 3.63) is 46.0 Å². The number of benzene rings is 1. The number of aromatic nitrogens is 1. The van der Waals surface area contributed by atoms with Crippen LogP contribution in [-0.2, 0) is 5.88 Å². The van der Waals surface area contributed by atoms with Crippen molar-refractivity contribution >= 4 is 17.3 Å². The van der Waals surface area contributed by atoms with Gasteiger partial charge in [0.05, 0.1) is 10.8 Å². The van der Waals surface area contributed by atoms with Gasteiger partial charge in [0, 0.05) is 24.6 Å². The van der Waals surface area contributed by atoms with E-state index < -0.39 is 4.92 Å². The van der Waals surface area contributed by atoms with Crippen molar-refractivity contribution in [2.75, 3.05) is 0 Å². The van der Waals surface area contributed by atoms with Crippen LogP contribution in [0, 0.1) is 17.0 Å². The fourth-order valence-corrected chi connectivity index (χ4v) is 1.70. The Morgan fingerprint density at radius 2 is 2.06 bits per heavy atom. The van der Waals surface area contributed by atoms with Crippen LogP contribution < -0.4 is 0 Å². The van der Waals surface area contributed by atoms with Gasteiger partial charge in [-0.1, -0.05) is 0 Å². The highest BCUT2D eigenvalue weighted by atomic mass is 35.5. The van der Waals surface area contributed by atoms with Crippen LogP contribution in [0.15, 0.2) is 28.7 Å². The fraction of sp³-hybridized carbons (Fsp3) is 0.182. The number of aryl methyl sites for hydroxylation is 1. The molecule has 0 saturated heterocycles. The van der Waals surface area contributed by atoms with Gasteiger partial charge in [-0.05, 0) is 12.1 Å². The first-order valence-electron chi connectivity index (χ1n) is 4.89. The smallest absolute Gasteiger partial charge is 0.269 e. The van der Waals surface area contributed by atoms with Gasteiger partial charge in [-0.15, -0.1) is 11.6 Å². The summed E-state index contributed by atoms with van der Waals surface area (Å²) in [4.78, 5) is 14.2. The van der Waals surface area contributed by atoms with E-state index in [4.69, 9.17) is 16.0 Å². The molecule has 0 aliphatic rings. The standard InChI is InChI=1S/C11H9ClN2O3/c1-7-13-10(6-12)11(17-7)8-2-4-9(5-3-8)14(15)16/h2-5H,6H2,1H3. The number of nitro benzene ring substituents is 1. The van der Waals surface area contributed by atoms with Gasteiger partial charge in [0.1, 0.15) is 5.69 Å². The monoisotopic (exact) mass is 252 g/mol. The van der Waals surface area contributed by atoms with E-state index in [9.17, 15) is 10.1 Å².